The predicted octanol–water partition coefficient (Wildman–Crippen LogP) is 4.72. The molecule has 156 valence electrons. The van der Waals surface area contributed by atoms with Crippen molar-refractivity contribution in [3.05, 3.63) is 0 Å². The lowest BCUT2D eigenvalue weighted by atomic mass is 10.1. The lowest BCUT2D eigenvalue weighted by molar-refractivity contribution is -0.927. The van der Waals surface area contributed by atoms with Gasteiger partial charge in [-0.1, -0.05) is 85.0 Å². The van der Waals surface area contributed by atoms with E-state index in [1.807, 2.05) is 0 Å². The van der Waals surface area contributed by atoms with Gasteiger partial charge in [0.15, 0.2) is 0 Å². The molecule has 0 amide bonds. The maximum Gasteiger partial charge on any atom is 0.200 e. The maximum absolute atomic E-state index is 5.85. The molecule has 0 spiro atoms. The number of quaternary nitrogens is 1. The average Bonchev–Trinajstić information content (AvgIpc) is 2.64. The zero-order valence-corrected chi connectivity index (χ0v) is 20.8. The van der Waals surface area contributed by atoms with Gasteiger partial charge in [-0.05, 0) is 31.6 Å². The molecular weight excluding hydrogens is 453 g/mol. The Morgan fingerprint density at radius 2 is 1.00 bits per heavy atom. The van der Waals surface area contributed by atoms with Gasteiger partial charge in [0.25, 0.3) is 0 Å². The van der Waals surface area contributed by atoms with Crippen LogP contribution in [0.1, 0.15) is 111 Å². The van der Waals surface area contributed by atoms with E-state index in [9.17, 15) is 0 Å². The van der Waals surface area contributed by atoms with Gasteiger partial charge >= 0.3 is 0 Å². The van der Waals surface area contributed by atoms with Gasteiger partial charge in [-0.15, -0.1) is 6.42 Å². The van der Waals surface area contributed by atoms with E-state index in [0.717, 1.165) is 4.48 Å². The van der Waals surface area contributed by atoms with E-state index in [1.165, 1.54) is 110 Å². The molecule has 0 aromatic carbocycles. The van der Waals surface area contributed by atoms with Gasteiger partial charge in [0.2, 0.25) is 4.05 Å². The minimum atomic E-state index is 0. The normalized spacial score (nSPS) is 12.4. The summed E-state index contributed by atoms with van der Waals surface area (Å²) in [6.07, 6.45) is 25.1. The molecule has 0 rings (SSSR count). The molecule has 1 atom stereocenters. The first-order valence-corrected chi connectivity index (χ1v) is 12.4. The van der Waals surface area contributed by atoms with Crippen molar-refractivity contribution < 1.29 is 16.9 Å². The molecule has 0 bridgehead atoms. The number of nitrogens with zero attached hydrogens (tertiary/aromatic N) is 1. The van der Waals surface area contributed by atoms with E-state index in [-0.39, 0.29) is 12.4 Å². The molecule has 0 aliphatic carbocycles. The lowest BCUT2D eigenvalue weighted by Crippen LogP contribution is -3.00. The standard InChI is InChI=1S/C23H45IN.ClH/c1-5-9-12-13-14-15-16-17-18-19-22-25(20-10-6-2,21-11-7-3)23(24)8-4;/h4,23H,5-7,9-22H2,1-3H3;1H/q+1;/p-1. The summed E-state index contributed by atoms with van der Waals surface area (Å²) in [5.41, 5.74) is 0. The molecule has 0 aromatic rings. The first-order chi connectivity index (χ1) is 12.2. The molecule has 1 nitrogen and oxygen atoms in total. The Labute approximate surface area is 185 Å². The van der Waals surface area contributed by atoms with Crippen LogP contribution < -0.4 is 12.4 Å². The Morgan fingerprint density at radius 1 is 0.654 bits per heavy atom. The monoisotopic (exact) mass is 497 g/mol. The Hall–Kier alpha value is 0.540. The summed E-state index contributed by atoms with van der Waals surface area (Å²) in [4.78, 5) is 0. The van der Waals surface area contributed by atoms with Gasteiger partial charge in [-0.3, -0.25) is 0 Å². The lowest BCUT2D eigenvalue weighted by Gasteiger charge is -2.41. The summed E-state index contributed by atoms with van der Waals surface area (Å²) in [5.74, 6) is 3.07. The summed E-state index contributed by atoms with van der Waals surface area (Å²) in [7, 11) is 0. The van der Waals surface area contributed by atoms with Crippen LogP contribution in [0.15, 0.2) is 0 Å². The van der Waals surface area contributed by atoms with Crippen molar-refractivity contribution in [2.45, 2.75) is 115 Å². The number of terminal acetylenes is 1. The molecular formula is C23H45ClIN. The number of unbranched alkanes of at least 4 members (excludes halogenated alkanes) is 11. The molecule has 0 radical (unpaired) electrons. The molecule has 0 aliphatic rings. The van der Waals surface area contributed by atoms with E-state index in [4.69, 9.17) is 6.42 Å². The van der Waals surface area contributed by atoms with E-state index in [2.05, 4.69) is 49.3 Å². The van der Waals surface area contributed by atoms with Crippen LogP contribution in [0.4, 0.5) is 0 Å². The highest BCUT2D eigenvalue weighted by molar-refractivity contribution is 14.1. The van der Waals surface area contributed by atoms with Gasteiger partial charge in [0, 0.05) is 22.6 Å². The van der Waals surface area contributed by atoms with Crippen molar-refractivity contribution in [2.75, 3.05) is 19.6 Å². The van der Waals surface area contributed by atoms with Crippen molar-refractivity contribution in [1.82, 2.24) is 0 Å². The minimum Gasteiger partial charge on any atom is -1.00 e. The van der Waals surface area contributed by atoms with Crippen molar-refractivity contribution in [3.63, 3.8) is 0 Å². The fourth-order valence-electron chi connectivity index (χ4n) is 3.69. The second kappa shape index (κ2) is 20.3. The third kappa shape index (κ3) is 13.7. The van der Waals surface area contributed by atoms with E-state index >= 15 is 0 Å². The van der Waals surface area contributed by atoms with Crippen molar-refractivity contribution in [1.29, 1.82) is 0 Å². The zero-order chi connectivity index (χ0) is 18.8. The third-order valence-electron chi connectivity index (χ3n) is 5.49. The fraction of sp³-hybridized carbons (Fsp3) is 0.913. The minimum absolute atomic E-state index is 0. The number of hydrogen-bond acceptors (Lipinski definition) is 0. The second-order valence-electron chi connectivity index (χ2n) is 7.78. The summed E-state index contributed by atoms with van der Waals surface area (Å²) in [6.45, 7) is 10.7. The van der Waals surface area contributed by atoms with Gasteiger partial charge in [0.1, 0.15) is 0 Å². The SMILES string of the molecule is C#CC(I)[N+](CCCC)(CCCC)CCCCCCCCCCCC.[Cl-]. The van der Waals surface area contributed by atoms with Crippen LogP contribution in [0.5, 0.6) is 0 Å². The summed E-state index contributed by atoms with van der Waals surface area (Å²) in [6, 6.07) is 0. The molecule has 0 fully saturated rings. The Kier molecular flexibility index (Phi) is 22.4. The molecule has 0 aliphatic heterocycles. The van der Waals surface area contributed by atoms with Crippen LogP contribution >= 0.6 is 22.6 Å². The number of hydrogen-bond donors (Lipinski definition) is 0. The highest BCUT2D eigenvalue weighted by atomic mass is 127. The van der Waals surface area contributed by atoms with Crippen molar-refractivity contribution >= 4 is 22.6 Å². The molecule has 0 aromatic heterocycles. The van der Waals surface area contributed by atoms with Gasteiger partial charge in [-0.25, -0.2) is 0 Å². The summed E-state index contributed by atoms with van der Waals surface area (Å²) in [5, 5.41) is 0. The smallest absolute Gasteiger partial charge is 0.200 e. The van der Waals surface area contributed by atoms with E-state index in [0.29, 0.717) is 4.05 Å². The highest BCUT2D eigenvalue weighted by Gasteiger charge is 2.32. The second-order valence-corrected chi connectivity index (χ2v) is 8.96. The molecule has 0 N–H and O–H groups in total. The summed E-state index contributed by atoms with van der Waals surface area (Å²) < 4.78 is 1.50. The van der Waals surface area contributed by atoms with Crippen LogP contribution in [-0.4, -0.2) is 28.2 Å². The number of alkyl halides is 1. The van der Waals surface area contributed by atoms with Gasteiger partial charge < -0.3 is 16.9 Å². The van der Waals surface area contributed by atoms with Crippen LogP contribution in [0, 0.1) is 12.3 Å². The third-order valence-corrected chi connectivity index (χ3v) is 7.03. The first-order valence-electron chi connectivity index (χ1n) is 11.1. The van der Waals surface area contributed by atoms with Crippen LogP contribution in [-0.2, 0) is 0 Å². The molecule has 0 saturated heterocycles. The zero-order valence-electron chi connectivity index (χ0n) is 17.9. The van der Waals surface area contributed by atoms with Crippen molar-refractivity contribution in [3.8, 4) is 12.3 Å². The quantitative estimate of drug-likeness (QED) is 0.0642. The van der Waals surface area contributed by atoms with Gasteiger partial charge in [0.05, 0.1) is 19.6 Å². The Morgan fingerprint density at radius 3 is 1.38 bits per heavy atom. The van der Waals surface area contributed by atoms with E-state index in [1.54, 1.807) is 0 Å². The Bertz CT molecular complexity index is 319. The van der Waals surface area contributed by atoms with Crippen LogP contribution in [0.2, 0.25) is 0 Å². The topological polar surface area (TPSA) is 0 Å². The number of rotatable bonds is 18. The molecule has 0 saturated carbocycles. The molecule has 1 unspecified atom stereocenters. The maximum atomic E-state index is 5.85. The van der Waals surface area contributed by atoms with Crippen molar-refractivity contribution in [2.24, 2.45) is 0 Å². The van der Waals surface area contributed by atoms with Crippen LogP contribution in [0.25, 0.3) is 0 Å². The highest BCUT2D eigenvalue weighted by Crippen LogP contribution is 2.24. The summed E-state index contributed by atoms with van der Waals surface area (Å²) >= 11 is 2.53. The fourth-order valence-corrected chi connectivity index (χ4v) is 4.53. The molecule has 26 heavy (non-hydrogen) atoms. The average molecular weight is 498 g/mol. The Balaban J connectivity index is 0. The largest absolute Gasteiger partial charge is 1.00 e. The predicted molar refractivity (Wildman–Crippen MR) is 123 cm³/mol. The van der Waals surface area contributed by atoms with E-state index < -0.39 is 0 Å². The molecule has 3 heteroatoms. The van der Waals surface area contributed by atoms with Gasteiger partial charge in [-0.2, -0.15) is 0 Å². The first kappa shape index (κ1) is 28.7. The number of halogens is 2. The van der Waals surface area contributed by atoms with Crippen LogP contribution in [0.3, 0.4) is 0 Å². The molecule has 0 heterocycles.